The third-order valence-corrected chi connectivity index (χ3v) is 4.69. The minimum Gasteiger partial charge on any atom is -0.444 e. The van der Waals surface area contributed by atoms with Crippen LogP contribution in [0.1, 0.15) is 47.5 Å². The van der Waals surface area contributed by atoms with E-state index in [4.69, 9.17) is 4.74 Å². The van der Waals surface area contributed by atoms with Crippen molar-refractivity contribution in [2.45, 2.75) is 58.6 Å². The summed E-state index contributed by atoms with van der Waals surface area (Å²) < 4.78 is 5.40. The van der Waals surface area contributed by atoms with Crippen LogP contribution in [0.2, 0.25) is 0 Å². The zero-order valence-corrected chi connectivity index (χ0v) is 17.3. The molecule has 7 heteroatoms. The topological polar surface area (TPSA) is 76.9 Å². The molecule has 1 saturated heterocycles. The van der Waals surface area contributed by atoms with Crippen molar-refractivity contribution in [3.05, 3.63) is 0 Å². The van der Waals surface area contributed by atoms with Crippen molar-refractivity contribution in [2.24, 2.45) is 5.92 Å². The van der Waals surface area contributed by atoms with Crippen LogP contribution >= 0.6 is 0 Å². The van der Waals surface area contributed by atoms with Gasteiger partial charge in [-0.2, -0.15) is 5.26 Å². The van der Waals surface area contributed by atoms with Crippen LogP contribution in [-0.2, 0) is 9.53 Å². The molecule has 1 rings (SSSR count). The first kappa shape index (κ1) is 22.2. The third kappa shape index (κ3) is 6.83. The van der Waals surface area contributed by atoms with E-state index < -0.39 is 11.1 Å². The molecule has 0 aromatic heterocycles. The predicted molar refractivity (Wildman–Crippen MR) is 100 cm³/mol. The molecule has 26 heavy (non-hydrogen) atoms. The largest absolute Gasteiger partial charge is 0.444 e. The molecule has 0 aromatic rings. The number of carbonyl (C=O) groups is 2. The molecule has 0 spiro atoms. The van der Waals surface area contributed by atoms with E-state index in [2.05, 4.69) is 11.0 Å². The van der Waals surface area contributed by atoms with Gasteiger partial charge in [-0.3, -0.25) is 9.69 Å². The lowest BCUT2D eigenvalue weighted by molar-refractivity contribution is -0.134. The Morgan fingerprint density at radius 2 is 1.85 bits per heavy atom. The Labute approximate surface area is 157 Å². The van der Waals surface area contributed by atoms with Crippen LogP contribution in [-0.4, -0.2) is 78.1 Å². The van der Waals surface area contributed by atoms with E-state index in [9.17, 15) is 14.9 Å². The van der Waals surface area contributed by atoms with Gasteiger partial charge in [0.15, 0.2) is 0 Å². The number of nitrogens with zero attached hydrogens (tertiary/aromatic N) is 4. The monoisotopic (exact) mass is 366 g/mol. The second-order valence-corrected chi connectivity index (χ2v) is 8.73. The van der Waals surface area contributed by atoms with Gasteiger partial charge < -0.3 is 14.5 Å². The Morgan fingerprint density at radius 1 is 1.23 bits per heavy atom. The molecule has 1 fully saturated rings. The fourth-order valence-corrected chi connectivity index (χ4v) is 2.93. The van der Waals surface area contributed by atoms with Gasteiger partial charge in [0, 0.05) is 27.2 Å². The van der Waals surface area contributed by atoms with Crippen molar-refractivity contribution in [2.75, 3.05) is 40.3 Å². The number of ether oxygens (including phenoxy) is 1. The molecular weight excluding hydrogens is 332 g/mol. The minimum absolute atomic E-state index is 0.0577. The summed E-state index contributed by atoms with van der Waals surface area (Å²) in [4.78, 5) is 29.8. The molecule has 0 saturated carbocycles. The molecule has 1 atom stereocenters. The maximum absolute atomic E-state index is 12.5. The Kier molecular flexibility index (Phi) is 7.45. The van der Waals surface area contributed by atoms with E-state index in [0.717, 1.165) is 25.9 Å². The average molecular weight is 367 g/mol. The quantitative estimate of drug-likeness (QED) is 0.746. The number of hydrogen-bond acceptors (Lipinski definition) is 5. The van der Waals surface area contributed by atoms with E-state index >= 15 is 0 Å². The van der Waals surface area contributed by atoms with Crippen molar-refractivity contribution in [3.8, 4) is 6.07 Å². The van der Waals surface area contributed by atoms with Crippen LogP contribution < -0.4 is 0 Å². The summed E-state index contributed by atoms with van der Waals surface area (Å²) in [5, 5.41) is 9.19. The van der Waals surface area contributed by atoms with E-state index in [-0.39, 0.29) is 12.0 Å². The number of likely N-dealkylation sites (tertiary alicyclic amines) is 1. The summed E-state index contributed by atoms with van der Waals surface area (Å²) in [5.41, 5.74) is -1.32. The Morgan fingerprint density at radius 3 is 2.38 bits per heavy atom. The number of likely N-dealkylation sites (N-methyl/N-ethyl adjacent to an activating group) is 1. The van der Waals surface area contributed by atoms with E-state index in [1.165, 1.54) is 4.90 Å². The van der Waals surface area contributed by atoms with Crippen molar-refractivity contribution in [1.29, 1.82) is 5.26 Å². The summed E-state index contributed by atoms with van der Waals surface area (Å²) in [7, 11) is 3.42. The Hall–Kier alpha value is -1.81. The van der Waals surface area contributed by atoms with Gasteiger partial charge in [0.2, 0.25) is 5.91 Å². The second kappa shape index (κ2) is 8.72. The van der Waals surface area contributed by atoms with Crippen molar-refractivity contribution < 1.29 is 14.3 Å². The third-order valence-electron chi connectivity index (χ3n) is 4.69. The molecule has 148 valence electrons. The average Bonchev–Trinajstić information content (AvgIpc) is 2.52. The summed E-state index contributed by atoms with van der Waals surface area (Å²) in [6.45, 7) is 11.6. The molecule has 0 bridgehead atoms. The molecule has 0 aromatic carbocycles. The standard InChI is InChI=1S/C19H34N4O3/c1-18(2,3)26-17(25)21(6)11-15-9-8-10-23(12-15)13-16(24)22(7)19(4,5)14-20/h15H,8-13H2,1-7H3. The molecular formula is C19H34N4O3. The Balaban J connectivity index is 2.55. The molecule has 1 heterocycles. The molecule has 7 nitrogen and oxygen atoms in total. The first-order valence-corrected chi connectivity index (χ1v) is 9.20. The van der Waals surface area contributed by atoms with Gasteiger partial charge in [0.05, 0.1) is 12.6 Å². The number of piperidine rings is 1. The summed E-state index contributed by atoms with van der Waals surface area (Å²) >= 11 is 0. The van der Waals surface area contributed by atoms with Crippen molar-refractivity contribution in [3.63, 3.8) is 0 Å². The van der Waals surface area contributed by atoms with Gasteiger partial charge in [-0.25, -0.2) is 4.79 Å². The van der Waals surface area contributed by atoms with Gasteiger partial charge in [0.1, 0.15) is 11.1 Å². The number of rotatable bonds is 5. The summed E-state index contributed by atoms with van der Waals surface area (Å²) in [6, 6.07) is 2.15. The van der Waals surface area contributed by atoms with Gasteiger partial charge in [-0.15, -0.1) is 0 Å². The molecule has 2 amide bonds. The zero-order valence-electron chi connectivity index (χ0n) is 17.3. The van der Waals surface area contributed by atoms with Crippen LogP contribution in [0.15, 0.2) is 0 Å². The lowest BCUT2D eigenvalue weighted by Gasteiger charge is -2.36. The van der Waals surface area contributed by atoms with Crippen molar-refractivity contribution in [1.82, 2.24) is 14.7 Å². The fourth-order valence-electron chi connectivity index (χ4n) is 2.93. The zero-order chi connectivity index (χ0) is 20.1. The molecule has 0 radical (unpaired) electrons. The molecule has 0 aliphatic carbocycles. The van der Waals surface area contributed by atoms with Crippen LogP contribution in [0.5, 0.6) is 0 Å². The lowest BCUT2D eigenvalue weighted by Crippen LogP contribution is -2.50. The van der Waals surface area contributed by atoms with E-state index in [1.54, 1.807) is 32.8 Å². The highest BCUT2D eigenvalue weighted by atomic mass is 16.6. The smallest absolute Gasteiger partial charge is 0.410 e. The van der Waals surface area contributed by atoms with E-state index in [0.29, 0.717) is 19.0 Å². The van der Waals surface area contributed by atoms with E-state index in [1.807, 2.05) is 20.8 Å². The van der Waals surface area contributed by atoms with Gasteiger partial charge in [-0.05, 0) is 59.9 Å². The highest BCUT2D eigenvalue weighted by Crippen LogP contribution is 2.19. The number of nitriles is 1. The number of hydrogen-bond donors (Lipinski definition) is 0. The summed E-state index contributed by atoms with van der Waals surface area (Å²) in [5.74, 6) is 0.251. The Bertz CT molecular complexity index is 548. The highest BCUT2D eigenvalue weighted by molar-refractivity contribution is 5.79. The number of amides is 2. The van der Waals surface area contributed by atoms with Crippen LogP contribution in [0.25, 0.3) is 0 Å². The second-order valence-electron chi connectivity index (χ2n) is 8.73. The van der Waals surface area contributed by atoms with Crippen LogP contribution in [0.4, 0.5) is 4.79 Å². The highest BCUT2D eigenvalue weighted by Gasteiger charge is 2.30. The van der Waals surface area contributed by atoms with Crippen LogP contribution in [0, 0.1) is 17.2 Å². The van der Waals surface area contributed by atoms with Gasteiger partial charge >= 0.3 is 6.09 Å². The predicted octanol–water partition coefficient (Wildman–Crippen LogP) is 2.33. The van der Waals surface area contributed by atoms with Gasteiger partial charge in [-0.1, -0.05) is 0 Å². The maximum atomic E-state index is 12.5. The molecule has 1 aliphatic heterocycles. The molecule has 1 aliphatic rings. The minimum atomic E-state index is -0.816. The molecule has 1 unspecified atom stereocenters. The molecule has 0 N–H and O–H groups in total. The van der Waals surface area contributed by atoms with Crippen molar-refractivity contribution >= 4 is 12.0 Å². The first-order chi connectivity index (χ1) is 11.9. The van der Waals surface area contributed by atoms with Gasteiger partial charge in [0.25, 0.3) is 0 Å². The first-order valence-electron chi connectivity index (χ1n) is 9.20. The summed E-state index contributed by atoms with van der Waals surface area (Å²) in [6.07, 6.45) is 1.70. The SMILES string of the molecule is CN(CC1CCCN(CC(=O)N(C)C(C)(C)C#N)C1)C(=O)OC(C)(C)C. The van der Waals surface area contributed by atoms with Crippen LogP contribution in [0.3, 0.4) is 0 Å². The normalized spacial score (nSPS) is 18.8. The lowest BCUT2D eigenvalue weighted by atomic mass is 9.97. The number of carbonyl (C=O) groups excluding carboxylic acids is 2. The maximum Gasteiger partial charge on any atom is 0.410 e. The fraction of sp³-hybridized carbons (Fsp3) is 0.842.